The highest BCUT2D eigenvalue weighted by molar-refractivity contribution is 5.87. The van der Waals surface area contributed by atoms with E-state index in [2.05, 4.69) is 70.4 Å². The molecule has 2 saturated heterocycles. The van der Waals surface area contributed by atoms with E-state index in [1.165, 1.54) is 18.1 Å². The lowest BCUT2D eigenvalue weighted by Crippen LogP contribution is -2.46. The number of rotatable bonds is 6. The molecule has 0 bridgehead atoms. The molecule has 2 fully saturated rings. The number of benzene rings is 1. The topological polar surface area (TPSA) is 93.2 Å². The molecule has 3 aliphatic rings. The van der Waals surface area contributed by atoms with Gasteiger partial charge < -0.3 is 10.6 Å². The number of carbonyl (C=O) groups excluding carboxylic acids is 1. The maximum Gasteiger partial charge on any atom is 0.245 e. The van der Waals surface area contributed by atoms with Crippen molar-refractivity contribution in [3.63, 3.8) is 0 Å². The summed E-state index contributed by atoms with van der Waals surface area (Å²) in [5, 5.41) is 0. The lowest BCUT2D eigenvalue weighted by molar-refractivity contribution is -0.129. The highest BCUT2D eigenvalue weighted by Gasteiger charge is 2.42. The molecule has 8 nitrogen and oxygen atoms in total. The Morgan fingerprint density at radius 1 is 1.09 bits per heavy atom. The molecule has 1 aliphatic carbocycles. The fourth-order valence-corrected chi connectivity index (χ4v) is 7.10. The summed E-state index contributed by atoms with van der Waals surface area (Å²) >= 11 is 0. The predicted octanol–water partition coefficient (Wildman–Crippen LogP) is 6.04. The highest BCUT2D eigenvalue weighted by Crippen LogP contribution is 2.40. The van der Waals surface area contributed by atoms with E-state index < -0.39 is 0 Å². The van der Waals surface area contributed by atoms with Gasteiger partial charge >= 0.3 is 0 Å². The summed E-state index contributed by atoms with van der Waals surface area (Å²) in [5.74, 6) is 1.76. The minimum absolute atomic E-state index is 0.0562. The van der Waals surface area contributed by atoms with Crippen LogP contribution in [0.4, 0.5) is 5.82 Å². The van der Waals surface area contributed by atoms with Crippen LogP contribution in [0.5, 0.6) is 0 Å². The van der Waals surface area contributed by atoms with Gasteiger partial charge in [0.25, 0.3) is 0 Å². The molecule has 1 spiro atoms. The Hall–Kier alpha value is -4.56. The smallest absolute Gasteiger partial charge is 0.245 e. The van der Waals surface area contributed by atoms with E-state index in [9.17, 15) is 4.79 Å². The molecule has 3 aromatic heterocycles. The summed E-state index contributed by atoms with van der Waals surface area (Å²) in [6, 6.07) is 16.7. The number of nitrogens with two attached hydrogens (primary N) is 1. The zero-order valence-electron chi connectivity index (χ0n) is 25.3. The molecule has 1 aromatic carbocycles. The van der Waals surface area contributed by atoms with E-state index >= 15 is 0 Å². The number of hydrogen-bond acceptors (Lipinski definition) is 6. The van der Waals surface area contributed by atoms with Crippen molar-refractivity contribution in [1.82, 2.24) is 29.3 Å². The number of amides is 1. The van der Waals surface area contributed by atoms with Gasteiger partial charge in [-0.05, 0) is 91.8 Å². The first kappa shape index (κ1) is 28.2. The molecule has 2 atom stereocenters. The van der Waals surface area contributed by atoms with Crippen molar-refractivity contribution in [2.75, 3.05) is 31.9 Å². The molecular formula is C36H39N7O. The summed E-state index contributed by atoms with van der Waals surface area (Å²) in [4.78, 5) is 31.3. The Balaban J connectivity index is 1.18. The zero-order chi connectivity index (χ0) is 30.3. The van der Waals surface area contributed by atoms with Gasteiger partial charge in [-0.15, -0.1) is 0 Å². The van der Waals surface area contributed by atoms with Gasteiger partial charge in [0.1, 0.15) is 11.3 Å². The average molecular weight is 586 g/mol. The fraction of sp³-hybridized carbons (Fsp3) is 0.333. The second kappa shape index (κ2) is 11.5. The van der Waals surface area contributed by atoms with Crippen molar-refractivity contribution in [2.24, 2.45) is 11.3 Å². The van der Waals surface area contributed by atoms with Crippen molar-refractivity contribution in [1.29, 1.82) is 0 Å². The summed E-state index contributed by atoms with van der Waals surface area (Å²) in [7, 11) is 0. The van der Waals surface area contributed by atoms with Crippen LogP contribution in [0.3, 0.4) is 0 Å². The minimum Gasteiger partial charge on any atom is -0.383 e. The van der Waals surface area contributed by atoms with E-state index in [-0.39, 0.29) is 11.3 Å². The van der Waals surface area contributed by atoms with Crippen molar-refractivity contribution in [2.45, 2.75) is 39.2 Å². The van der Waals surface area contributed by atoms with Crippen LogP contribution < -0.4 is 5.73 Å². The Labute approximate surface area is 258 Å². The van der Waals surface area contributed by atoms with Gasteiger partial charge in [0, 0.05) is 43.5 Å². The first-order chi connectivity index (χ1) is 21.4. The maximum atomic E-state index is 12.3. The molecule has 0 radical (unpaired) electrons. The minimum atomic E-state index is 0.0562. The van der Waals surface area contributed by atoms with Gasteiger partial charge in [-0.3, -0.25) is 14.3 Å². The number of carbonyl (C=O) groups is 1. The maximum absolute atomic E-state index is 12.3. The highest BCUT2D eigenvalue weighted by atomic mass is 16.2. The quantitative estimate of drug-likeness (QED) is 0.277. The van der Waals surface area contributed by atoms with Crippen LogP contribution in [0.25, 0.3) is 33.8 Å². The van der Waals surface area contributed by atoms with Gasteiger partial charge in [0.2, 0.25) is 5.91 Å². The number of nitrogen functional groups attached to an aromatic ring is 1. The summed E-state index contributed by atoms with van der Waals surface area (Å²) in [5.41, 5.74) is 13.2. The number of allylic oxidation sites excluding steroid dienone is 4. The largest absolute Gasteiger partial charge is 0.383 e. The molecule has 2 N–H and O–H groups in total. The molecule has 4 aromatic rings. The summed E-state index contributed by atoms with van der Waals surface area (Å²) in [6.45, 7) is 10.5. The normalized spacial score (nSPS) is 22.1. The van der Waals surface area contributed by atoms with Gasteiger partial charge in [-0.25, -0.2) is 15.0 Å². The van der Waals surface area contributed by atoms with E-state index in [1.54, 1.807) is 6.20 Å². The van der Waals surface area contributed by atoms with Crippen LogP contribution >= 0.6 is 0 Å². The first-order valence-corrected chi connectivity index (χ1v) is 15.6. The molecule has 2 unspecified atom stereocenters. The monoisotopic (exact) mass is 585 g/mol. The molecule has 224 valence electrons. The van der Waals surface area contributed by atoms with E-state index in [0.717, 1.165) is 91.5 Å². The number of fused-ring (bicyclic) bond motifs is 1. The fourth-order valence-electron chi connectivity index (χ4n) is 7.10. The number of likely N-dealkylation sites (tertiary alicyclic amines) is 2. The standard InChI is InChI=1S/C36H39N7O/c1-3-32(44)42-20-5-17-36(24-42)18-21-41(23-36)22-26-9-13-28(14-10-26)43-34(29-6-4-19-38-33(29)37)40-31-16-15-30(39-35(31)43)27-11-7-25(2)8-12-27/h3-4,6-7,9-16,19,25H,1,5,8,17-18,20-24H2,2H3,(H2,37,38). The number of anilines is 1. The van der Waals surface area contributed by atoms with Gasteiger partial charge in [-0.1, -0.05) is 43.9 Å². The molecule has 0 saturated carbocycles. The SMILES string of the molecule is C=CC(=O)N1CCCC2(CCN(Cc3ccc(-n4c(-c5cccnc5N)nc5ccc(C6=CCC(C)C=C6)nc54)cc3)C2)C1. The number of pyridine rings is 2. The molecule has 7 rings (SSSR count). The molecule has 5 heterocycles. The summed E-state index contributed by atoms with van der Waals surface area (Å²) in [6.07, 6.45) is 14.2. The molecule has 1 amide bonds. The van der Waals surface area contributed by atoms with Crippen LogP contribution in [0.1, 0.15) is 43.9 Å². The van der Waals surface area contributed by atoms with Crippen LogP contribution in [0.15, 0.2) is 85.6 Å². The van der Waals surface area contributed by atoms with Crippen molar-refractivity contribution in [3.8, 4) is 17.1 Å². The third kappa shape index (κ3) is 5.35. The third-order valence-corrected chi connectivity index (χ3v) is 9.46. The third-order valence-electron chi connectivity index (χ3n) is 9.46. The molecular weight excluding hydrogens is 546 g/mol. The Kier molecular flexibility index (Phi) is 7.38. The Morgan fingerprint density at radius 2 is 1.95 bits per heavy atom. The zero-order valence-corrected chi connectivity index (χ0v) is 25.3. The number of hydrogen-bond donors (Lipinski definition) is 1. The second-order valence-corrected chi connectivity index (χ2v) is 12.7. The molecule has 2 aliphatic heterocycles. The van der Waals surface area contributed by atoms with Gasteiger partial charge in [0.05, 0.1) is 11.3 Å². The Bertz CT molecular complexity index is 1790. The first-order valence-electron chi connectivity index (χ1n) is 15.6. The second-order valence-electron chi connectivity index (χ2n) is 12.7. The van der Waals surface area contributed by atoms with Crippen LogP contribution in [0, 0.1) is 11.3 Å². The average Bonchev–Trinajstić information content (AvgIpc) is 3.62. The van der Waals surface area contributed by atoms with Crippen LogP contribution in [-0.2, 0) is 11.3 Å². The van der Waals surface area contributed by atoms with Crippen molar-refractivity contribution in [3.05, 3.63) is 96.9 Å². The van der Waals surface area contributed by atoms with Gasteiger partial charge in [0.15, 0.2) is 11.5 Å². The lowest BCUT2D eigenvalue weighted by Gasteiger charge is -2.40. The van der Waals surface area contributed by atoms with E-state index in [1.807, 2.05) is 29.2 Å². The lowest BCUT2D eigenvalue weighted by atomic mass is 9.79. The number of piperidine rings is 1. The molecule has 44 heavy (non-hydrogen) atoms. The summed E-state index contributed by atoms with van der Waals surface area (Å²) < 4.78 is 2.10. The van der Waals surface area contributed by atoms with E-state index in [0.29, 0.717) is 11.7 Å². The predicted molar refractivity (Wildman–Crippen MR) is 176 cm³/mol. The number of aromatic nitrogens is 4. The van der Waals surface area contributed by atoms with Crippen molar-refractivity contribution < 1.29 is 4.79 Å². The van der Waals surface area contributed by atoms with Gasteiger partial charge in [-0.2, -0.15) is 0 Å². The van der Waals surface area contributed by atoms with Crippen LogP contribution in [-0.4, -0.2) is 61.4 Å². The Morgan fingerprint density at radius 3 is 2.73 bits per heavy atom. The van der Waals surface area contributed by atoms with Crippen molar-refractivity contribution >= 4 is 28.5 Å². The number of imidazole rings is 1. The number of nitrogens with zero attached hydrogens (tertiary/aromatic N) is 6. The molecule has 8 heteroatoms. The van der Waals surface area contributed by atoms with Crippen LogP contribution in [0.2, 0.25) is 0 Å². The van der Waals surface area contributed by atoms with E-state index in [4.69, 9.17) is 15.7 Å².